The molecule has 1 aromatic carbocycles. The van der Waals surface area contributed by atoms with Crippen LogP contribution in [0.3, 0.4) is 0 Å². The first-order valence-corrected chi connectivity index (χ1v) is 11.7. The number of rotatable bonds is 6. The van der Waals surface area contributed by atoms with Crippen molar-refractivity contribution in [2.24, 2.45) is 0 Å². The zero-order valence-corrected chi connectivity index (χ0v) is 19.6. The summed E-state index contributed by atoms with van der Waals surface area (Å²) < 4.78 is 57.4. The first kappa shape index (κ1) is 25.2. The van der Waals surface area contributed by atoms with Crippen LogP contribution in [-0.2, 0) is 35.2 Å². The summed E-state index contributed by atoms with van der Waals surface area (Å²) in [5.74, 6) is -0.423. The van der Waals surface area contributed by atoms with E-state index in [-0.39, 0.29) is 29.6 Å². The first-order valence-electron chi connectivity index (χ1n) is 11.7. The molecule has 1 fully saturated rings. The number of pyridine rings is 1. The highest BCUT2D eigenvalue weighted by Gasteiger charge is 2.31. The topological polar surface area (TPSA) is 70.0 Å². The van der Waals surface area contributed by atoms with Crippen LogP contribution in [0.1, 0.15) is 46.4 Å². The number of carbonyl (C=O) groups excluding carboxylic acids is 1. The lowest BCUT2D eigenvalue weighted by Crippen LogP contribution is -2.30. The van der Waals surface area contributed by atoms with E-state index >= 15 is 0 Å². The van der Waals surface area contributed by atoms with Crippen LogP contribution in [0.4, 0.5) is 13.2 Å². The number of fused-ring (bicyclic) bond motifs is 1. The van der Waals surface area contributed by atoms with Gasteiger partial charge in [0.15, 0.2) is 0 Å². The van der Waals surface area contributed by atoms with Crippen molar-refractivity contribution in [2.75, 3.05) is 33.4 Å². The Balaban J connectivity index is 1.55. The van der Waals surface area contributed by atoms with Crippen molar-refractivity contribution in [1.82, 2.24) is 9.47 Å². The van der Waals surface area contributed by atoms with Gasteiger partial charge in [-0.25, -0.2) is 4.79 Å². The SMILES string of the molecule is COC(=O)c1c(OC[C@@H]2CCCCO2)cc(=O)n2c1CCN(Cc1cccc(C(F)(F)F)c1)CC2. The van der Waals surface area contributed by atoms with E-state index in [1.165, 1.54) is 23.8 Å². The molecule has 0 radical (unpaired) electrons. The maximum absolute atomic E-state index is 13.1. The van der Waals surface area contributed by atoms with Crippen LogP contribution in [0, 0.1) is 0 Å². The van der Waals surface area contributed by atoms with Crippen molar-refractivity contribution in [3.8, 4) is 5.75 Å². The number of alkyl halides is 3. The minimum absolute atomic E-state index is 0.0984. The van der Waals surface area contributed by atoms with Crippen molar-refractivity contribution in [3.05, 3.63) is 63.1 Å². The summed E-state index contributed by atoms with van der Waals surface area (Å²) in [6.45, 7) is 2.38. The third-order valence-electron chi connectivity index (χ3n) is 6.43. The third kappa shape index (κ3) is 6.05. The maximum atomic E-state index is 13.1. The molecule has 35 heavy (non-hydrogen) atoms. The molecule has 0 bridgehead atoms. The largest absolute Gasteiger partial charge is 0.490 e. The summed E-state index contributed by atoms with van der Waals surface area (Å²) in [7, 11) is 1.27. The molecule has 1 aromatic heterocycles. The highest BCUT2D eigenvalue weighted by atomic mass is 19.4. The molecular weight excluding hydrogens is 465 g/mol. The van der Waals surface area contributed by atoms with Gasteiger partial charge >= 0.3 is 12.1 Å². The number of hydrogen-bond donors (Lipinski definition) is 0. The molecule has 0 spiro atoms. The van der Waals surface area contributed by atoms with E-state index in [0.29, 0.717) is 50.5 Å². The lowest BCUT2D eigenvalue weighted by molar-refractivity contribution is -0.137. The Morgan fingerprint density at radius 2 is 2.00 bits per heavy atom. The van der Waals surface area contributed by atoms with E-state index in [4.69, 9.17) is 14.2 Å². The average Bonchev–Trinajstić information content (AvgIpc) is 3.06. The van der Waals surface area contributed by atoms with Crippen LogP contribution in [0.2, 0.25) is 0 Å². The number of nitrogens with zero attached hydrogens (tertiary/aromatic N) is 2. The zero-order chi connectivity index (χ0) is 25.0. The van der Waals surface area contributed by atoms with E-state index in [9.17, 15) is 22.8 Å². The van der Waals surface area contributed by atoms with Gasteiger partial charge < -0.3 is 18.8 Å². The van der Waals surface area contributed by atoms with Crippen LogP contribution in [0.15, 0.2) is 35.1 Å². The highest BCUT2D eigenvalue weighted by Crippen LogP contribution is 2.30. The van der Waals surface area contributed by atoms with Gasteiger partial charge in [0.2, 0.25) is 0 Å². The summed E-state index contributed by atoms with van der Waals surface area (Å²) in [5.41, 5.74) is 0.260. The van der Waals surface area contributed by atoms with Gasteiger partial charge in [-0.2, -0.15) is 13.2 Å². The van der Waals surface area contributed by atoms with Crippen LogP contribution >= 0.6 is 0 Å². The van der Waals surface area contributed by atoms with Crippen molar-refractivity contribution in [1.29, 1.82) is 0 Å². The van der Waals surface area contributed by atoms with Crippen molar-refractivity contribution in [2.45, 2.75) is 51.1 Å². The number of esters is 1. The fraction of sp³-hybridized carbons (Fsp3) is 0.520. The Kier molecular flexibility index (Phi) is 7.81. The maximum Gasteiger partial charge on any atom is 0.416 e. The van der Waals surface area contributed by atoms with Gasteiger partial charge in [0.25, 0.3) is 5.56 Å². The predicted molar refractivity (Wildman–Crippen MR) is 122 cm³/mol. The Labute approximate surface area is 201 Å². The molecule has 2 aliphatic rings. The molecule has 0 saturated carbocycles. The summed E-state index contributed by atoms with van der Waals surface area (Å²) in [6.07, 6.45) is -1.28. The Morgan fingerprint density at radius 1 is 1.17 bits per heavy atom. The summed E-state index contributed by atoms with van der Waals surface area (Å²) in [4.78, 5) is 27.6. The number of carbonyl (C=O) groups is 1. The fourth-order valence-electron chi connectivity index (χ4n) is 4.61. The third-order valence-corrected chi connectivity index (χ3v) is 6.43. The lowest BCUT2D eigenvalue weighted by Gasteiger charge is -2.24. The number of benzene rings is 1. The second-order valence-electron chi connectivity index (χ2n) is 8.84. The Hall–Kier alpha value is -2.85. The van der Waals surface area contributed by atoms with Gasteiger partial charge in [0, 0.05) is 51.0 Å². The van der Waals surface area contributed by atoms with Gasteiger partial charge in [-0.05, 0) is 30.9 Å². The Bertz CT molecular complexity index is 1110. The van der Waals surface area contributed by atoms with Crippen LogP contribution in [0.25, 0.3) is 0 Å². The molecular formula is C25H29F3N2O5. The molecule has 0 unspecified atom stereocenters. The average molecular weight is 495 g/mol. The molecule has 0 N–H and O–H groups in total. The minimum Gasteiger partial charge on any atom is -0.490 e. The summed E-state index contributed by atoms with van der Waals surface area (Å²) in [5, 5.41) is 0. The fourth-order valence-corrected chi connectivity index (χ4v) is 4.61. The molecule has 4 rings (SSSR count). The quantitative estimate of drug-likeness (QED) is 0.571. The van der Waals surface area contributed by atoms with Gasteiger partial charge in [-0.15, -0.1) is 0 Å². The molecule has 0 aliphatic carbocycles. The highest BCUT2D eigenvalue weighted by molar-refractivity contribution is 5.93. The first-order chi connectivity index (χ1) is 16.8. The van der Waals surface area contributed by atoms with Crippen molar-refractivity contribution >= 4 is 5.97 Å². The van der Waals surface area contributed by atoms with Gasteiger partial charge in [-0.1, -0.05) is 18.2 Å². The van der Waals surface area contributed by atoms with Crippen molar-refractivity contribution in [3.63, 3.8) is 0 Å². The standard InChI is InChI=1S/C25H29F3N2O5/c1-33-24(32)23-20-8-9-29(15-17-5-4-6-18(13-17)25(26,27)28)10-11-30(20)22(31)14-21(23)35-16-19-7-2-3-12-34-19/h4-6,13-14,19H,2-3,7-12,15-16H2,1H3/t19-/m0/s1. The number of methoxy groups -OCH3 is 1. The van der Waals surface area contributed by atoms with Gasteiger partial charge in [0.05, 0.1) is 18.8 Å². The number of hydrogen-bond acceptors (Lipinski definition) is 6. The molecule has 7 nitrogen and oxygen atoms in total. The molecule has 190 valence electrons. The summed E-state index contributed by atoms with van der Waals surface area (Å²) >= 11 is 0. The smallest absolute Gasteiger partial charge is 0.416 e. The van der Waals surface area contributed by atoms with E-state index in [1.807, 2.05) is 4.90 Å². The molecule has 0 amide bonds. The van der Waals surface area contributed by atoms with Gasteiger partial charge in [-0.3, -0.25) is 9.69 Å². The molecule has 1 saturated heterocycles. The zero-order valence-electron chi connectivity index (χ0n) is 19.6. The lowest BCUT2D eigenvalue weighted by atomic mass is 10.1. The van der Waals surface area contributed by atoms with E-state index in [0.717, 1.165) is 31.4 Å². The Morgan fingerprint density at radius 3 is 2.71 bits per heavy atom. The van der Waals surface area contributed by atoms with E-state index in [1.54, 1.807) is 6.07 Å². The second-order valence-corrected chi connectivity index (χ2v) is 8.84. The summed E-state index contributed by atoms with van der Waals surface area (Å²) in [6, 6.07) is 6.54. The van der Waals surface area contributed by atoms with E-state index < -0.39 is 17.7 Å². The number of ether oxygens (including phenoxy) is 3. The van der Waals surface area contributed by atoms with Gasteiger partial charge in [0.1, 0.15) is 17.9 Å². The monoisotopic (exact) mass is 494 g/mol. The minimum atomic E-state index is -4.41. The van der Waals surface area contributed by atoms with Crippen LogP contribution in [-0.4, -0.2) is 55.0 Å². The number of aromatic nitrogens is 1. The van der Waals surface area contributed by atoms with Crippen LogP contribution in [0.5, 0.6) is 5.75 Å². The molecule has 3 heterocycles. The van der Waals surface area contributed by atoms with E-state index in [2.05, 4.69) is 0 Å². The molecule has 2 aliphatic heterocycles. The van der Waals surface area contributed by atoms with Crippen molar-refractivity contribution < 1.29 is 32.2 Å². The second kappa shape index (κ2) is 10.8. The molecule has 2 aromatic rings. The van der Waals surface area contributed by atoms with Crippen LogP contribution < -0.4 is 10.3 Å². The molecule has 10 heteroatoms. The molecule has 1 atom stereocenters. The predicted octanol–water partition coefficient (Wildman–Crippen LogP) is 3.66. The normalized spacial score (nSPS) is 19.0. The number of halogens is 3.